The molecule has 0 aliphatic heterocycles. The van der Waals surface area contributed by atoms with Crippen LogP contribution in [0.2, 0.25) is 0 Å². The van der Waals surface area contributed by atoms with E-state index in [0.29, 0.717) is 12.1 Å². The van der Waals surface area contributed by atoms with Crippen molar-refractivity contribution in [1.82, 2.24) is 0 Å². The molecule has 0 aromatic heterocycles. The molecule has 0 fully saturated rings. The molecule has 0 bridgehead atoms. The van der Waals surface area contributed by atoms with Crippen LogP contribution in [0.25, 0.3) is 0 Å². The maximum Gasteiger partial charge on any atom is 0.416 e. The molecule has 0 saturated carbocycles. The maximum atomic E-state index is 12.6. The van der Waals surface area contributed by atoms with Crippen LogP contribution < -0.4 is 4.90 Å². The summed E-state index contributed by atoms with van der Waals surface area (Å²) in [5.74, 6) is -1.67. The van der Waals surface area contributed by atoms with Crippen LogP contribution in [0.5, 0.6) is 0 Å². The number of aliphatic hydroxyl groups excluding tert-OH is 1. The van der Waals surface area contributed by atoms with Crippen LogP contribution in [0.3, 0.4) is 0 Å². The Morgan fingerprint density at radius 2 is 1.90 bits per heavy atom. The number of nitrogens with zero attached hydrogens (tertiary/aromatic N) is 1. The van der Waals surface area contributed by atoms with Gasteiger partial charge in [-0.2, -0.15) is 13.2 Å². The van der Waals surface area contributed by atoms with Crippen molar-refractivity contribution in [3.8, 4) is 0 Å². The number of alkyl halides is 5. The van der Waals surface area contributed by atoms with Gasteiger partial charge in [0.1, 0.15) is 0 Å². The van der Waals surface area contributed by atoms with Crippen molar-refractivity contribution in [1.29, 1.82) is 0 Å². The molecule has 1 rings (SSSR count). The Hall–Kier alpha value is -1.90. The van der Waals surface area contributed by atoms with E-state index in [0.717, 1.165) is 11.0 Å². The van der Waals surface area contributed by atoms with E-state index in [1.165, 1.54) is 0 Å². The smallest absolute Gasteiger partial charge is 0.416 e. The first-order valence-electron chi connectivity index (χ1n) is 5.75. The van der Waals surface area contributed by atoms with Gasteiger partial charge in [-0.05, 0) is 18.2 Å². The van der Waals surface area contributed by atoms with Crippen LogP contribution in [0.1, 0.15) is 15.9 Å². The predicted octanol–water partition coefficient (Wildman–Crippen LogP) is 2.47. The van der Waals surface area contributed by atoms with Gasteiger partial charge in [0.05, 0.1) is 30.0 Å². The van der Waals surface area contributed by atoms with Crippen LogP contribution >= 0.6 is 0 Å². The van der Waals surface area contributed by atoms with Gasteiger partial charge >= 0.3 is 12.1 Å². The largest absolute Gasteiger partial charge is 0.478 e. The fourth-order valence-electron chi connectivity index (χ4n) is 1.76. The molecule has 0 saturated heterocycles. The van der Waals surface area contributed by atoms with Gasteiger partial charge in [0.25, 0.3) is 6.43 Å². The fraction of sp³-hybridized carbons (Fsp3) is 0.417. The lowest BCUT2D eigenvalue weighted by Crippen LogP contribution is -2.33. The summed E-state index contributed by atoms with van der Waals surface area (Å²) in [4.78, 5) is 11.9. The van der Waals surface area contributed by atoms with Crippen molar-refractivity contribution in [2.45, 2.75) is 12.6 Å². The maximum absolute atomic E-state index is 12.6. The normalized spacial score (nSPS) is 11.8. The molecular formula is C12H12F5NO3. The number of aromatic carboxylic acids is 1. The number of carboxylic acid groups (broad SMARTS) is 1. The minimum atomic E-state index is -4.74. The van der Waals surface area contributed by atoms with Crippen LogP contribution in [0, 0.1) is 0 Å². The number of rotatable bonds is 6. The van der Waals surface area contributed by atoms with Crippen LogP contribution in [0.4, 0.5) is 27.6 Å². The fourth-order valence-corrected chi connectivity index (χ4v) is 1.76. The molecule has 118 valence electrons. The molecule has 21 heavy (non-hydrogen) atoms. The zero-order chi connectivity index (χ0) is 16.2. The molecule has 0 spiro atoms. The average Bonchev–Trinajstić information content (AvgIpc) is 2.36. The minimum Gasteiger partial charge on any atom is -0.478 e. The first kappa shape index (κ1) is 17.2. The molecule has 0 atom stereocenters. The van der Waals surface area contributed by atoms with Crippen LogP contribution in [0.15, 0.2) is 18.2 Å². The molecule has 0 amide bonds. The third-order valence-corrected chi connectivity index (χ3v) is 2.62. The highest BCUT2D eigenvalue weighted by atomic mass is 19.4. The van der Waals surface area contributed by atoms with E-state index in [4.69, 9.17) is 10.2 Å². The zero-order valence-corrected chi connectivity index (χ0v) is 10.6. The van der Waals surface area contributed by atoms with Crippen molar-refractivity contribution in [3.05, 3.63) is 29.3 Å². The number of anilines is 1. The highest BCUT2D eigenvalue weighted by molar-refractivity contribution is 5.94. The van der Waals surface area contributed by atoms with Gasteiger partial charge in [0, 0.05) is 6.54 Å². The monoisotopic (exact) mass is 313 g/mol. The second-order valence-corrected chi connectivity index (χ2v) is 4.10. The Balaban J connectivity index is 3.29. The summed E-state index contributed by atoms with van der Waals surface area (Å²) in [5.41, 5.74) is -2.24. The average molecular weight is 313 g/mol. The molecule has 1 aromatic rings. The first-order chi connectivity index (χ1) is 9.66. The van der Waals surface area contributed by atoms with E-state index in [-0.39, 0.29) is 12.2 Å². The molecule has 1 aromatic carbocycles. The summed E-state index contributed by atoms with van der Waals surface area (Å²) < 4.78 is 62.6. The Bertz CT molecular complexity index is 504. The Morgan fingerprint density at radius 1 is 1.29 bits per heavy atom. The van der Waals surface area contributed by atoms with Gasteiger partial charge in [-0.15, -0.1) is 0 Å². The topological polar surface area (TPSA) is 60.8 Å². The quantitative estimate of drug-likeness (QED) is 0.792. The number of carboxylic acids is 1. The molecule has 0 radical (unpaired) electrons. The third-order valence-electron chi connectivity index (χ3n) is 2.62. The number of hydrogen-bond acceptors (Lipinski definition) is 3. The van der Waals surface area contributed by atoms with E-state index in [9.17, 15) is 26.7 Å². The Labute approximate surface area is 116 Å². The summed E-state index contributed by atoms with van der Waals surface area (Å²) in [6, 6.07) is 1.80. The summed E-state index contributed by atoms with van der Waals surface area (Å²) in [6.07, 6.45) is -7.58. The lowest BCUT2D eigenvalue weighted by atomic mass is 10.1. The highest BCUT2D eigenvalue weighted by Crippen LogP contribution is 2.33. The highest BCUT2D eigenvalue weighted by Gasteiger charge is 2.32. The van der Waals surface area contributed by atoms with Crippen LogP contribution in [-0.2, 0) is 6.18 Å². The second kappa shape index (κ2) is 6.70. The predicted molar refractivity (Wildman–Crippen MR) is 63.7 cm³/mol. The molecule has 0 heterocycles. The molecule has 0 aliphatic carbocycles. The Kier molecular flexibility index (Phi) is 5.47. The van der Waals surface area contributed by atoms with Gasteiger partial charge < -0.3 is 15.1 Å². The van der Waals surface area contributed by atoms with E-state index in [1.807, 2.05) is 0 Å². The van der Waals surface area contributed by atoms with E-state index < -0.39 is 42.8 Å². The first-order valence-corrected chi connectivity index (χ1v) is 5.75. The van der Waals surface area contributed by atoms with Crippen molar-refractivity contribution < 1.29 is 37.0 Å². The summed E-state index contributed by atoms with van der Waals surface area (Å²) in [5, 5.41) is 17.8. The van der Waals surface area contributed by atoms with Crippen molar-refractivity contribution >= 4 is 11.7 Å². The van der Waals surface area contributed by atoms with Gasteiger partial charge in [-0.1, -0.05) is 0 Å². The molecule has 0 aliphatic rings. The number of halogens is 5. The number of benzene rings is 1. The van der Waals surface area contributed by atoms with Gasteiger partial charge in [0.15, 0.2) is 0 Å². The standard InChI is InChI=1S/C12H12F5NO3/c13-10(14)6-18(3-4-19)9-2-1-7(12(15,16)17)5-8(9)11(20)21/h1-2,5,10,19H,3-4,6H2,(H,20,21). The molecule has 2 N–H and O–H groups in total. The number of carbonyl (C=O) groups is 1. The molecular weight excluding hydrogens is 301 g/mol. The lowest BCUT2D eigenvalue weighted by molar-refractivity contribution is -0.137. The lowest BCUT2D eigenvalue weighted by Gasteiger charge is -2.25. The van der Waals surface area contributed by atoms with Gasteiger partial charge in [-0.3, -0.25) is 0 Å². The van der Waals surface area contributed by atoms with Crippen molar-refractivity contribution in [2.24, 2.45) is 0 Å². The SMILES string of the molecule is O=C(O)c1cc(C(F)(F)F)ccc1N(CCO)CC(F)F. The summed E-state index contributed by atoms with van der Waals surface area (Å²) in [7, 11) is 0. The zero-order valence-electron chi connectivity index (χ0n) is 10.6. The Morgan fingerprint density at radius 3 is 2.33 bits per heavy atom. The van der Waals surface area contributed by atoms with Gasteiger partial charge in [0.2, 0.25) is 0 Å². The third kappa shape index (κ3) is 4.55. The molecule has 0 unspecified atom stereocenters. The minimum absolute atomic E-state index is 0.301. The number of hydrogen-bond donors (Lipinski definition) is 2. The van der Waals surface area contributed by atoms with Gasteiger partial charge in [-0.25, -0.2) is 13.6 Å². The van der Waals surface area contributed by atoms with E-state index in [2.05, 4.69) is 0 Å². The summed E-state index contributed by atoms with van der Waals surface area (Å²) >= 11 is 0. The van der Waals surface area contributed by atoms with Crippen molar-refractivity contribution in [3.63, 3.8) is 0 Å². The van der Waals surface area contributed by atoms with Crippen LogP contribution in [-0.4, -0.2) is 42.3 Å². The second-order valence-electron chi connectivity index (χ2n) is 4.10. The van der Waals surface area contributed by atoms with E-state index in [1.54, 1.807) is 0 Å². The number of aliphatic hydroxyl groups is 1. The van der Waals surface area contributed by atoms with Crippen molar-refractivity contribution in [2.75, 3.05) is 24.6 Å². The van der Waals surface area contributed by atoms with E-state index >= 15 is 0 Å². The summed E-state index contributed by atoms with van der Waals surface area (Å²) in [6.45, 7) is -1.77. The molecule has 4 nitrogen and oxygen atoms in total. The molecule has 9 heteroatoms.